The quantitative estimate of drug-likeness (QED) is 0.143. The maximum Gasteiger partial charge on any atom is 0.0560 e. The van der Waals surface area contributed by atoms with Gasteiger partial charge in [-0.1, -0.05) is 173 Å². The molecule has 0 aliphatic heterocycles. The Morgan fingerprint density at radius 1 is 0.600 bits per heavy atom. The molecule has 0 fully saturated rings. The first kappa shape index (κ1) is 33.1. The zero-order chi connectivity index (χ0) is 34.5. The van der Waals surface area contributed by atoms with Crippen LogP contribution in [0.3, 0.4) is 0 Å². The zero-order valence-electron chi connectivity index (χ0n) is 29.8. The number of aryl methyl sites for hydroxylation is 1. The topological polar surface area (TPSA) is 3.24 Å². The fourth-order valence-corrected chi connectivity index (χ4v) is 7.80. The summed E-state index contributed by atoms with van der Waals surface area (Å²) in [7, 11) is 0. The van der Waals surface area contributed by atoms with Crippen LogP contribution in [0.15, 0.2) is 170 Å². The average Bonchev–Trinajstić information content (AvgIpc) is 3.17. The molecule has 0 saturated carbocycles. The van der Waals surface area contributed by atoms with Gasteiger partial charge in [0.15, 0.2) is 0 Å². The van der Waals surface area contributed by atoms with Crippen molar-refractivity contribution in [2.24, 2.45) is 0 Å². The molecule has 0 aromatic heterocycles. The third kappa shape index (κ3) is 6.74. The van der Waals surface area contributed by atoms with E-state index in [1.54, 1.807) is 0 Å². The van der Waals surface area contributed by atoms with Gasteiger partial charge >= 0.3 is 0 Å². The van der Waals surface area contributed by atoms with Gasteiger partial charge in [-0.05, 0) is 99.7 Å². The van der Waals surface area contributed by atoms with Crippen LogP contribution in [0.1, 0.15) is 61.4 Å². The molecule has 0 bridgehead atoms. The smallest absolute Gasteiger partial charge is 0.0560 e. The molecule has 1 aliphatic carbocycles. The molecule has 0 heterocycles. The highest BCUT2D eigenvalue weighted by Crippen LogP contribution is 2.42. The van der Waals surface area contributed by atoms with Crippen LogP contribution in [-0.4, -0.2) is 6.04 Å². The van der Waals surface area contributed by atoms with E-state index in [1.165, 1.54) is 67.0 Å². The van der Waals surface area contributed by atoms with Crippen LogP contribution >= 0.6 is 0 Å². The third-order valence-corrected chi connectivity index (χ3v) is 10.4. The summed E-state index contributed by atoms with van der Waals surface area (Å²) in [5.74, 6) is 0. The first-order valence-corrected chi connectivity index (χ1v) is 18.1. The fourth-order valence-electron chi connectivity index (χ4n) is 7.80. The van der Waals surface area contributed by atoms with E-state index in [2.05, 4.69) is 202 Å². The molecule has 1 atom stereocenters. The van der Waals surface area contributed by atoms with E-state index in [0.717, 1.165) is 19.3 Å². The number of benzene rings is 6. The SMILES string of the molecule is CCCc1ccccc1C(C)(C)c1cccc(N(c2ccc(-c3ccccc3)cc2)C2C=CC(c3cccc(-c4ccccc4)c3)=CC2)c1C. The van der Waals surface area contributed by atoms with Crippen molar-refractivity contribution >= 4 is 16.9 Å². The van der Waals surface area contributed by atoms with Crippen molar-refractivity contribution in [3.05, 3.63) is 198 Å². The van der Waals surface area contributed by atoms with Gasteiger partial charge in [-0.2, -0.15) is 0 Å². The first-order chi connectivity index (χ1) is 24.4. The number of anilines is 2. The van der Waals surface area contributed by atoms with Gasteiger partial charge in [-0.15, -0.1) is 0 Å². The van der Waals surface area contributed by atoms with Gasteiger partial charge in [0.25, 0.3) is 0 Å². The molecule has 248 valence electrons. The second-order valence-corrected chi connectivity index (χ2v) is 14.0. The Hall–Kier alpha value is -5.40. The molecule has 1 nitrogen and oxygen atoms in total. The number of hydrogen-bond acceptors (Lipinski definition) is 1. The molecule has 1 unspecified atom stereocenters. The van der Waals surface area contributed by atoms with Crippen LogP contribution in [0.5, 0.6) is 0 Å². The highest BCUT2D eigenvalue weighted by Gasteiger charge is 2.30. The molecule has 0 amide bonds. The predicted octanol–water partition coefficient (Wildman–Crippen LogP) is 13.2. The van der Waals surface area contributed by atoms with E-state index in [-0.39, 0.29) is 11.5 Å². The normalized spacial score (nSPS) is 14.3. The van der Waals surface area contributed by atoms with E-state index in [1.807, 2.05) is 0 Å². The minimum atomic E-state index is -0.145. The Morgan fingerprint density at radius 2 is 1.18 bits per heavy atom. The highest BCUT2D eigenvalue weighted by atomic mass is 15.2. The second kappa shape index (κ2) is 14.6. The summed E-state index contributed by atoms with van der Waals surface area (Å²) in [6.07, 6.45) is 10.3. The Labute approximate surface area is 299 Å². The summed E-state index contributed by atoms with van der Waals surface area (Å²) >= 11 is 0. The maximum atomic E-state index is 2.56. The highest BCUT2D eigenvalue weighted by molar-refractivity contribution is 5.80. The zero-order valence-corrected chi connectivity index (χ0v) is 29.8. The maximum absolute atomic E-state index is 2.56. The lowest BCUT2D eigenvalue weighted by atomic mass is 9.73. The molecule has 1 aliphatic rings. The third-order valence-electron chi connectivity index (χ3n) is 10.4. The molecule has 0 radical (unpaired) electrons. The summed E-state index contributed by atoms with van der Waals surface area (Å²) in [6, 6.07) is 55.5. The minimum absolute atomic E-state index is 0.145. The van der Waals surface area contributed by atoms with Crippen molar-refractivity contribution in [1.29, 1.82) is 0 Å². The van der Waals surface area contributed by atoms with Crippen LogP contribution in [0.25, 0.3) is 27.8 Å². The van der Waals surface area contributed by atoms with Crippen molar-refractivity contribution in [3.63, 3.8) is 0 Å². The molecule has 6 aromatic rings. The lowest BCUT2D eigenvalue weighted by molar-refractivity contribution is 0.624. The Morgan fingerprint density at radius 3 is 1.86 bits per heavy atom. The summed E-state index contributed by atoms with van der Waals surface area (Å²) in [5, 5.41) is 0. The predicted molar refractivity (Wildman–Crippen MR) is 215 cm³/mol. The molecule has 0 N–H and O–H groups in total. The van der Waals surface area contributed by atoms with Gasteiger partial charge in [0, 0.05) is 16.8 Å². The van der Waals surface area contributed by atoms with Crippen LogP contribution in [0, 0.1) is 6.92 Å². The van der Waals surface area contributed by atoms with Gasteiger partial charge in [0.1, 0.15) is 0 Å². The molecule has 50 heavy (non-hydrogen) atoms. The lowest BCUT2D eigenvalue weighted by Crippen LogP contribution is -2.31. The summed E-state index contributed by atoms with van der Waals surface area (Å²) < 4.78 is 0. The number of rotatable bonds is 10. The molecule has 1 heteroatoms. The molecular formula is C49H47N. The summed E-state index contributed by atoms with van der Waals surface area (Å²) in [4.78, 5) is 2.56. The van der Waals surface area contributed by atoms with Gasteiger partial charge < -0.3 is 4.90 Å². The van der Waals surface area contributed by atoms with Crippen LogP contribution < -0.4 is 4.90 Å². The Bertz CT molecular complexity index is 2120. The van der Waals surface area contributed by atoms with Crippen LogP contribution in [-0.2, 0) is 11.8 Å². The fraction of sp³-hybridized carbons (Fsp3) is 0.184. The Balaban J connectivity index is 1.27. The van der Waals surface area contributed by atoms with Crippen molar-refractivity contribution in [2.75, 3.05) is 4.90 Å². The van der Waals surface area contributed by atoms with Gasteiger partial charge in [0.05, 0.1) is 6.04 Å². The van der Waals surface area contributed by atoms with E-state index >= 15 is 0 Å². The largest absolute Gasteiger partial charge is 0.334 e. The van der Waals surface area contributed by atoms with Crippen molar-refractivity contribution in [1.82, 2.24) is 0 Å². The lowest BCUT2D eigenvalue weighted by Gasteiger charge is -2.37. The van der Waals surface area contributed by atoms with Gasteiger partial charge in [-0.3, -0.25) is 0 Å². The Kier molecular flexibility index (Phi) is 9.67. The monoisotopic (exact) mass is 649 g/mol. The standard InChI is InChI=1S/C49H47N/c1-5-16-41-21-12-13-24-47(41)49(3,4)46-25-15-26-48(36(46)2)50(44-31-27-39(28-32-44)37-17-8-6-9-18-37)45-33-29-40(30-34-45)43-23-14-22-42(35-43)38-19-10-7-11-20-38/h6-15,17-33,35,45H,5,16,34H2,1-4H3. The number of hydrogen-bond donors (Lipinski definition) is 0. The number of allylic oxidation sites excluding steroid dienone is 2. The number of nitrogens with zero attached hydrogens (tertiary/aromatic N) is 1. The van der Waals surface area contributed by atoms with E-state index in [0.29, 0.717) is 0 Å². The van der Waals surface area contributed by atoms with Gasteiger partial charge in [-0.25, -0.2) is 0 Å². The second-order valence-electron chi connectivity index (χ2n) is 14.0. The summed E-state index contributed by atoms with van der Waals surface area (Å²) in [5.41, 5.74) is 15.4. The minimum Gasteiger partial charge on any atom is -0.334 e. The van der Waals surface area contributed by atoms with Crippen molar-refractivity contribution in [2.45, 2.75) is 58.4 Å². The van der Waals surface area contributed by atoms with Crippen LogP contribution in [0.2, 0.25) is 0 Å². The summed E-state index contributed by atoms with van der Waals surface area (Å²) in [6.45, 7) is 9.38. The van der Waals surface area contributed by atoms with Crippen molar-refractivity contribution < 1.29 is 0 Å². The van der Waals surface area contributed by atoms with Crippen molar-refractivity contribution in [3.8, 4) is 22.3 Å². The molecule has 7 rings (SSSR count). The molecular weight excluding hydrogens is 603 g/mol. The van der Waals surface area contributed by atoms with Crippen LogP contribution in [0.4, 0.5) is 11.4 Å². The molecule has 0 saturated heterocycles. The first-order valence-electron chi connectivity index (χ1n) is 18.1. The average molecular weight is 650 g/mol. The molecule has 0 spiro atoms. The molecule has 6 aromatic carbocycles. The van der Waals surface area contributed by atoms with E-state index in [4.69, 9.17) is 0 Å². The van der Waals surface area contributed by atoms with Gasteiger partial charge in [0.2, 0.25) is 0 Å². The van der Waals surface area contributed by atoms with E-state index in [9.17, 15) is 0 Å². The van der Waals surface area contributed by atoms with E-state index < -0.39 is 0 Å².